The number of aliphatic hydroxyl groups is 1. The number of hydrogen-bond donors (Lipinski definition) is 2. The highest BCUT2D eigenvalue weighted by Gasteiger charge is 2.28. The number of aliphatic hydroxyl groups excluding tert-OH is 1. The van der Waals surface area contributed by atoms with E-state index >= 15 is 0 Å². The molecular formula is C25H31F3N2O2. The molecule has 2 aliphatic rings. The number of hydrogen-bond acceptors (Lipinski definition) is 2. The van der Waals surface area contributed by atoms with Crippen molar-refractivity contribution in [3.8, 4) is 11.3 Å². The second kappa shape index (κ2) is 9.69. The average Bonchev–Trinajstić information content (AvgIpc) is 3.09. The van der Waals surface area contributed by atoms with E-state index in [-0.39, 0.29) is 17.5 Å². The van der Waals surface area contributed by atoms with Crippen molar-refractivity contribution in [3.05, 3.63) is 46.9 Å². The van der Waals surface area contributed by atoms with Gasteiger partial charge in [-0.1, -0.05) is 32.1 Å². The van der Waals surface area contributed by atoms with Crippen LogP contribution in [0.5, 0.6) is 0 Å². The van der Waals surface area contributed by atoms with Crippen molar-refractivity contribution in [2.75, 3.05) is 0 Å². The molecule has 1 aromatic heterocycles. The van der Waals surface area contributed by atoms with Gasteiger partial charge in [-0.2, -0.15) is 0 Å². The van der Waals surface area contributed by atoms with E-state index in [9.17, 15) is 23.1 Å². The minimum atomic E-state index is -1.24. The van der Waals surface area contributed by atoms with Gasteiger partial charge in [-0.05, 0) is 50.7 Å². The second-order valence-electron chi connectivity index (χ2n) is 9.32. The summed E-state index contributed by atoms with van der Waals surface area (Å²) in [5, 5.41) is 13.2. The summed E-state index contributed by atoms with van der Waals surface area (Å²) in [6.45, 7) is 2.40. The summed E-state index contributed by atoms with van der Waals surface area (Å²) in [6.07, 6.45) is 8.21. The Kier molecular flexibility index (Phi) is 6.93. The fraction of sp³-hybridized carbons (Fsp3) is 0.560. The Morgan fingerprint density at radius 3 is 2.34 bits per heavy atom. The van der Waals surface area contributed by atoms with E-state index in [1.807, 2.05) is 4.57 Å². The first-order chi connectivity index (χ1) is 15.3. The maximum atomic E-state index is 14.7. The molecule has 32 heavy (non-hydrogen) atoms. The van der Waals surface area contributed by atoms with Crippen molar-refractivity contribution in [2.45, 2.75) is 83.4 Å². The van der Waals surface area contributed by atoms with Crippen LogP contribution in [0.3, 0.4) is 0 Å². The fourth-order valence-electron chi connectivity index (χ4n) is 5.21. The molecule has 0 saturated heterocycles. The van der Waals surface area contributed by atoms with Crippen LogP contribution in [0.15, 0.2) is 18.2 Å². The normalized spacial score (nSPS) is 22.2. The molecule has 2 saturated carbocycles. The predicted molar refractivity (Wildman–Crippen MR) is 117 cm³/mol. The minimum absolute atomic E-state index is 0.0560. The molecule has 4 nitrogen and oxygen atoms in total. The molecule has 2 aromatic rings. The van der Waals surface area contributed by atoms with Crippen LogP contribution in [0.4, 0.5) is 13.2 Å². The summed E-state index contributed by atoms with van der Waals surface area (Å²) in [5.41, 5.74) is 1.36. The van der Waals surface area contributed by atoms with E-state index in [2.05, 4.69) is 5.32 Å². The van der Waals surface area contributed by atoms with Gasteiger partial charge in [-0.25, -0.2) is 13.2 Å². The first-order valence-electron chi connectivity index (χ1n) is 11.7. The smallest absolute Gasteiger partial charge is 0.253 e. The van der Waals surface area contributed by atoms with Gasteiger partial charge in [0.25, 0.3) is 5.91 Å². The van der Waals surface area contributed by atoms with Crippen LogP contribution in [0.1, 0.15) is 73.8 Å². The monoisotopic (exact) mass is 448 g/mol. The summed E-state index contributed by atoms with van der Waals surface area (Å²) in [5.74, 6) is -3.17. The third kappa shape index (κ3) is 4.72. The molecule has 2 aliphatic carbocycles. The SMILES string of the molecule is Cc1c(C(=O)NC2CCCCC2O)cc(-c2cc(F)c(F)cc2F)n1CC1CCCCC1. The first kappa shape index (κ1) is 22.9. The zero-order valence-electron chi connectivity index (χ0n) is 18.5. The van der Waals surface area contributed by atoms with E-state index in [0.29, 0.717) is 48.3 Å². The minimum Gasteiger partial charge on any atom is -0.391 e. The van der Waals surface area contributed by atoms with Gasteiger partial charge >= 0.3 is 0 Å². The average molecular weight is 449 g/mol. The van der Waals surface area contributed by atoms with E-state index in [1.54, 1.807) is 13.0 Å². The maximum Gasteiger partial charge on any atom is 0.253 e. The Morgan fingerprint density at radius 1 is 0.969 bits per heavy atom. The lowest BCUT2D eigenvalue weighted by Crippen LogP contribution is -2.45. The van der Waals surface area contributed by atoms with Crippen LogP contribution in [0, 0.1) is 30.3 Å². The molecular weight excluding hydrogens is 417 g/mol. The molecule has 0 spiro atoms. The zero-order chi connectivity index (χ0) is 22.8. The number of rotatable bonds is 5. The van der Waals surface area contributed by atoms with Gasteiger partial charge in [0.1, 0.15) is 5.82 Å². The number of nitrogens with one attached hydrogen (secondary N) is 1. The van der Waals surface area contributed by atoms with Crippen molar-refractivity contribution in [2.24, 2.45) is 5.92 Å². The van der Waals surface area contributed by atoms with Crippen molar-refractivity contribution in [1.82, 2.24) is 9.88 Å². The first-order valence-corrected chi connectivity index (χ1v) is 11.7. The summed E-state index contributed by atoms with van der Waals surface area (Å²) in [6, 6.07) is 2.67. The van der Waals surface area contributed by atoms with Crippen LogP contribution in [0.25, 0.3) is 11.3 Å². The molecule has 0 bridgehead atoms. The van der Waals surface area contributed by atoms with Crippen molar-refractivity contribution >= 4 is 5.91 Å². The quantitative estimate of drug-likeness (QED) is 0.594. The van der Waals surface area contributed by atoms with Gasteiger partial charge in [0.15, 0.2) is 11.6 Å². The molecule has 2 atom stereocenters. The van der Waals surface area contributed by atoms with Gasteiger partial charge < -0.3 is 15.0 Å². The van der Waals surface area contributed by atoms with Crippen LogP contribution in [-0.2, 0) is 6.54 Å². The number of nitrogens with zero attached hydrogens (tertiary/aromatic N) is 1. The Bertz CT molecular complexity index is 982. The summed E-state index contributed by atoms with van der Waals surface area (Å²) < 4.78 is 44.1. The second-order valence-corrected chi connectivity index (χ2v) is 9.32. The molecule has 2 N–H and O–H groups in total. The highest BCUT2D eigenvalue weighted by Crippen LogP contribution is 2.33. The van der Waals surface area contributed by atoms with Gasteiger partial charge in [-0.15, -0.1) is 0 Å². The lowest BCUT2D eigenvalue weighted by Gasteiger charge is -2.28. The third-order valence-corrected chi connectivity index (χ3v) is 7.11. The van der Waals surface area contributed by atoms with E-state index in [4.69, 9.17) is 0 Å². The van der Waals surface area contributed by atoms with Gasteiger partial charge in [0.05, 0.1) is 23.4 Å². The maximum absolute atomic E-state index is 14.7. The van der Waals surface area contributed by atoms with Crippen LogP contribution in [-0.4, -0.2) is 27.7 Å². The number of benzene rings is 1. The zero-order valence-corrected chi connectivity index (χ0v) is 18.5. The highest BCUT2D eigenvalue weighted by molar-refractivity contribution is 5.97. The summed E-state index contributed by atoms with van der Waals surface area (Å²) in [7, 11) is 0. The van der Waals surface area contributed by atoms with E-state index in [1.165, 1.54) is 6.42 Å². The molecule has 1 amide bonds. The third-order valence-electron chi connectivity index (χ3n) is 7.11. The molecule has 7 heteroatoms. The number of amides is 1. The largest absolute Gasteiger partial charge is 0.391 e. The number of carbonyl (C=O) groups excluding carboxylic acids is 1. The highest BCUT2D eigenvalue weighted by atomic mass is 19.2. The Morgan fingerprint density at radius 2 is 1.62 bits per heavy atom. The van der Waals surface area contributed by atoms with Crippen molar-refractivity contribution in [1.29, 1.82) is 0 Å². The molecule has 174 valence electrons. The molecule has 0 radical (unpaired) electrons. The van der Waals surface area contributed by atoms with Crippen molar-refractivity contribution < 1.29 is 23.1 Å². The van der Waals surface area contributed by atoms with Crippen LogP contribution in [0.2, 0.25) is 0 Å². The van der Waals surface area contributed by atoms with Crippen molar-refractivity contribution in [3.63, 3.8) is 0 Å². The fourth-order valence-corrected chi connectivity index (χ4v) is 5.21. The van der Waals surface area contributed by atoms with Gasteiger partial charge in [-0.3, -0.25) is 4.79 Å². The van der Waals surface area contributed by atoms with Crippen LogP contribution >= 0.6 is 0 Å². The van der Waals surface area contributed by atoms with E-state index in [0.717, 1.165) is 44.6 Å². The number of halogens is 3. The molecule has 1 heterocycles. The summed E-state index contributed by atoms with van der Waals surface area (Å²) in [4.78, 5) is 13.1. The lowest BCUT2D eigenvalue weighted by atomic mass is 9.89. The number of carbonyl (C=O) groups is 1. The lowest BCUT2D eigenvalue weighted by molar-refractivity contribution is 0.0716. The molecule has 0 aliphatic heterocycles. The van der Waals surface area contributed by atoms with Gasteiger partial charge in [0, 0.05) is 23.9 Å². The van der Waals surface area contributed by atoms with Gasteiger partial charge in [0.2, 0.25) is 0 Å². The molecule has 4 rings (SSSR count). The molecule has 1 aromatic carbocycles. The standard InChI is InChI=1S/C25H31F3N2O2/c1-15-17(25(32)29-22-9-5-6-10-24(22)31)12-23(18-11-20(27)21(28)13-19(18)26)30(15)14-16-7-3-2-4-8-16/h11-13,16,22,24,31H,2-10,14H2,1H3,(H,29,32). The predicted octanol–water partition coefficient (Wildman–Crippen LogP) is 5.49. The Balaban J connectivity index is 1.70. The molecule has 2 fully saturated rings. The Hall–Kier alpha value is -2.28. The molecule has 2 unspecified atom stereocenters. The van der Waals surface area contributed by atoms with Crippen LogP contribution < -0.4 is 5.32 Å². The topological polar surface area (TPSA) is 54.3 Å². The summed E-state index contributed by atoms with van der Waals surface area (Å²) >= 11 is 0. The van der Waals surface area contributed by atoms with E-state index < -0.39 is 23.6 Å². The number of aromatic nitrogens is 1. The Labute approximate surface area is 186 Å².